The number of carbonyl (C=O) groups excluding carboxylic acids is 2. The van der Waals surface area contributed by atoms with Gasteiger partial charge in [-0.15, -0.1) is 0 Å². The Hall–Kier alpha value is -2.82. The number of carbonyl (C=O) groups is 2. The molecule has 3 aliphatic heterocycles. The minimum absolute atomic E-state index is 0.0505. The molecular weight excluding hydrogens is 444 g/mol. The zero-order chi connectivity index (χ0) is 23.8. The first-order valence-corrected chi connectivity index (χ1v) is 11.8. The number of nitrogens with zero attached hydrogens (tertiary/aromatic N) is 1. The first kappa shape index (κ1) is 24.3. The van der Waals surface area contributed by atoms with Crippen LogP contribution in [0.3, 0.4) is 0 Å². The standard InChI is InChI=1S/C24H32N2O8/c27-9-10-30-11-12-31-23-15-18(17-4-5-19-20(13-17)33-16-32-19)14-21(34-23)24(29)25-6-2-8-26-7-1-3-22(26)28/h4-5,13-14,18,23,27H,1-3,6-12,15-16H2,(H,25,29)/t18-,23+/m1/s1. The van der Waals surface area contributed by atoms with E-state index in [2.05, 4.69) is 5.32 Å². The molecule has 34 heavy (non-hydrogen) atoms. The predicted octanol–water partition coefficient (Wildman–Crippen LogP) is 1.28. The van der Waals surface area contributed by atoms with Gasteiger partial charge in [0.15, 0.2) is 17.3 Å². The van der Waals surface area contributed by atoms with E-state index in [4.69, 9.17) is 28.8 Å². The Labute approximate surface area is 198 Å². The van der Waals surface area contributed by atoms with E-state index >= 15 is 0 Å². The second-order valence-electron chi connectivity index (χ2n) is 8.33. The maximum absolute atomic E-state index is 12.8. The minimum Gasteiger partial charge on any atom is -0.459 e. The van der Waals surface area contributed by atoms with Crippen LogP contribution in [0.5, 0.6) is 11.5 Å². The van der Waals surface area contributed by atoms with Gasteiger partial charge in [-0.25, -0.2) is 0 Å². The maximum atomic E-state index is 12.8. The summed E-state index contributed by atoms with van der Waals surface area (Å²) in [7, 11) is 0. The van der Waals surface area contributed by atoms with Gasteiger partial charge in [-0.3, -0.25) is 9.59 Å². The normalized spacial score (nSPS) is 21.4. The summed E-state index contributed by atoms with van der Waals surface area (Å²) in [4.78, 5) is 26.4. The number of hydrogen-bond acceptors (Lipinski definition) is 8. The van der Waals surface area contributed by atoms with Gasteiger partial charge in [-0.1, -0.05) is 6.07 Å². The molecule has 4 rings (SSSR count). The Kier molecular flexibility index (Phi) is 8.62. The number of ether oxygens (including phenoxy) is 5. The van der Waals surface area contributed by atoms with E-state index in [1.165, 1.54) is 0 Å². The Morgan fingerprint density at radius 2 is 2.09 bits per heavy atom. The van der Waals surface area contributed by atoms with Crippen molar-refractivity contribution < 1.29 is 38.4 Å². The molecule has 10 heteroatoms. The number of nitrogens with one attached hydrogen (secondary N) is 1. The SMILES string of the molecule is O=C(NCCCN1CCCC1=O)C1=C[C@@H](c2ccc3c(c2)OCO3)C[C@@H](OCCOCCO)O1. The average molecular weight is 477 g/mol. The predicted molar refractivity (Wildman–Crippen MR) is 120 cm³/mol. The summed E-state index contributed by atoms with van der Waals surface area (Å²) in [6, 6.07) is 5.72. The third-order valence-electron chi connectivity index (χ3n) is 5.93. The lowest BCUT2D eigenvalue weighted by Gasteiger charge is -2.29. The van der Waals surface area contributed by atoms with Crippen LogP contribution in [0.4, 0.5) is 0 Å². The third-order valence-corrected chi connectivity index (χ3v) is 5.93. The van der Waals surface area contributed by atoms with Gasteiger partial charge >= 0.3 is 0 Å². The molecule has 2 atom stereocenters. The van der Waals surface area contributed by atoms with Crippen LogP contribution in [-0.4, -0.2) is 81.0 Å². The Balaban J connectivity index is 1.36. The topological polar surface area (TPSA) is 116 Å². The van der Waals surface area contributed by atoms with Gasteiger partial charge in [-0.05, 0) is 36.6 Å². The highest BCUT2D eigenvalue weighted by Gasteiger charge is 2.30. The molecule has 1 aromatic rings. The van der Waals surface area contributed by atoms with E-state index in [0.29, 0.717) is 50.5 Å². The number of rotatable bonds is 12. The Bertz CT molecular complexity index is 890. The second kappa shape index (κ2) is 12.0. The highest BCUT2D eigenvalue weighted by Crippen LogP contribution is 2.38. The molecule has 0 aromatic heterocycles. The van der Waals surface area contributed by atoms with Crippen molar-refractivity contribution in [1.82, 2.24) is 10.2 Å². The first-order valence-electron chi connectivity index (χ1n) is 11.8. The summed E-state index contributed by atoms with van der Waals surface area (Å²) in [5, 5.41) is 11.7. The summed E-state index contributed by atoms with van der Waals surface area (Å²) >= 11 is 0. The van der Waals surface area contributed by atoms with E-state index in [1.54, 1.807) is 6.08 Å². The lowest BCUT2D eigenvalue weighted by Crippen LogP contribution is -2.35. The Morgan fingerprint density at radius 3 is 2.91 bits per heavy atom. The van der Waals surface area contributed by atoms with Gasteiger partial charge in [0.25, 0.3) is 5.91 Å². The number of aliphatic hydroxyl groups is 1. The molecule has 0 unspecified atom stereocenters. The van der Waals surface area contributed by atoms with Crippen molar-refractivity contribution in [3.05, 3.63) is 35.6 Å². The lowest BCUT2D eigenvalue weighted by atomic mass is 9.92. The molecule has 1 fully saturated rings. The average Bonchev–Trinajstić information content (AvgIpc) is 3.49. The molecule has 186 valence electrons. The molecule has 3 heterocycles. The molecular formula is C24H32N2O8. The lowest BCUT2D eigenvalue weighted by molar-refractivity contribution is -0.151. The van der Waals surface area contributed by atoms with Gasteiger partial charge in [0.1, 0.15) is 0 Å². The van der Waals surface area contributed by atoms with Crippen LogP contribution < -0.4 is 14.8 Å². The number of likely N-dealkylation sites (tertiary alicyclic amines) is 1. The van der Waals surface area contributed by atoms with Crippen molar-refractivity contribution in [2.75, 3.05) is 52.9 Å². The Morgan fingerprint density at radius 1 is 1.21 bits per heavy atom. The van der Waals surface area contributed by atoms with Crippen LogP contribution in [0.15, 0.2) is 30.0 Å². The molecule has 10 nitrogen and oxygen atoms in total. The zero-order valence-electron chi connectivity index (χ0n) is 19.2. The van der Waals surface area contributed by atoms with Gasteiger partial charge in [0, 0.05) is 38.4 Å². The number of benzene rings is 1. The third kappa shape index (κ3) is 6.40. The van der Waals surface area contributed by atoms with E-state index in [-0.39, 0.29) is 50.1 Å². The highest BCUT2D eigenvalue weighted by atomic mass is 16.7. The van der Waals surface area contributed by atoms with E-state index < -0.39 is 6.29 Å². The van der Waals surface area contributed by atoms with Crippen molar-refractivity contribution in [3.63, 3.8) is 0 Å². The first-order chi connectivity index (χ1) is 16.6. The van der Waals surface area contributed by atoms with Crippen molar-refractivity contribution in [2.24, 2.45) is 0 Å². The van der Waals surface area contributed by atoms with Crippen molar-refractivity contribution in [1.29, 1.82) is 0 Å². The fourth-order valence-electron chi connectivity index (χ4n) is 4.20. The molecule has 2 N–H and O–H groups in total. The van der Waals surface area contributed by atoms with Gasteiger partial charge in [-0.2, -0.15) is 0 Å². The van der Waals surface area contributed by atoms with E-state index in [9.17, 15) is 9.59 Å². The second-order valence-corrected chi connectivity index (χ2v) is 8.33. The van der Waals surface area contributed by atoms with Crippen LogP contribution in [0.1, 0.15) is 37.2 Å². The minimum atomic E-state index is -0.624. The summed E-state index contributed by atoms with van der Waals surface area (Å²) in [5.74, 6) is 1.32. The number of aliphatic hydroxyl groups excluding tert-OH is 1. The molecule has 0 bridgehead atoms. The molecule has 1 saturated heterocycles. The van der Waals surface area contributed by atoms with Crippen LogP contribution in [0, 0.1) is 0 Å². The van der Waals surface area contributed by atoms with Gasteiger partial charge in [0.05, 0.1) is 26.4 Å². The fraction of sp³-hybridized carbons (Fsp3) is 0.583. The van der Waals surface area contributed by atoms with Gasteiger partial charge < -0.3 is 39.0 Å². The van der Waals surface area contributed by atoms with Crippen LogP contribution in [0.2, 0.25) is 0 Å². The van der Waals surface area contributed by atoms with E-state index in [1.807, 2.05) is 23.1 Å². The quantitative estimate of drug-likeness (QED) is 0.434. The van der Waals surface area contributed by atoms with Crippen molar-refractivity contribution in [3.8, 4) is 11.5 Å². The summed E-state index contributed by atoms with van der Waals surface area (Å²) < 4.78 is 27.8. The van der Waals surface area contributed by atoms with Crippen LogP contribution in [0.25, 0.3) is 0 Å². The number of allylic oxidation sites excluding steroid dienone is 1. The molecule has 0 saturated carbocycles. The number of fused-ring (bicyclic) bond motifs is 1. The molecule has 1 aromatic carbocycles. The van der Waals surface area contributed by atoms with Crippen molar-refractivity contribution >= 4 is 11.8 Å². The monoisotopic (exact) mass is 476 g/mol. The van der Waals surface area contributed by atoms with E-state index in [0.717, 1.165) is 18.5 Å². The smallest absolute Gasteiger partial charge is 0.286 e. The zero-order valence-corrected chi connectivity index (χ0v) is 19.2. The molecule has 0 spiro atoms. The summed E-state index contributed by atoms with van der Waals surface area (Å²) in [6.45, 7) is 2.85. The van der Waals surface area contributed by atoms with Crippen LogP contribution in [-0.2, 0) is 23.8 Å². The molecule has 0 aliphatic carbocycles. The number of hydrogen-bond donors (Lipinski definition) is 2. The number of amides is 2. The highest BCUT2D eigenvalue weighted by molar-refractivity contribution is 5.91. The van der Waals surface area contributed by atoms with Crippen LogP contribution >= 0.6 is 0 Å². The maximum Gasteiger partial charge on any atom is 0.286 e. The largest absolute Gasteiger partial charge is 0.459 e. The molecule has 0 radical (unpaired) electrons. The molecule has 2 amide bonds. The van der Waals surface area contributed by atoms with Gasteiger partial charge in [0.2, 0.25) is 19.0 Å². The summed E-state index contributed by atoms with van der Waals surface area (Å²) in [5.41, 5.74) is 0.968. The van der Waals surface area contributed by atoms with Crippen molar-refractivity contribution in [2.45, 2.75) is 37.9 Å². The molecule has 3 aliphatic rings. The summed E-state index contributed by atoms with van der Waals surface area (Å²) in [6.07, 6.45) is 3.90. The fourth-order valence-corrected chi connectivity index (χ4v) is 4.20.